The summed E-state index contributed by atoms with van der Waals surface area (Å²) in [5, 5.41) is 7.32. The van der Waals surface area contributed by atoms with Gasteiger partial charge >= 0.3 is 6.03 Å². The van der Waals surface area contributed by atoms with Gasteiger partial charge in [0.25, 0.3) is 0 Å². The van der Waals surface area contributed by atoms with Crippen molar-refractivity contribution >= 4 is 17.6 Å². The fourth-order valence-corrected chi connectivity index (χ4v) is 1.29. The first-order valence-electron chi connectivity index (χ1n) is 6.05. The van der Waals surface area contributed by atoms with Crippen molar-refractivity contribution in [1.82, 2.24) is 10.6 Å². The van der Waals surface area contributed by atoms with Gasteiger partial charge in [0.15, 0.2) is 0 Å². The molecule has 6 heteroatoms. The van der Waals surface area contributed by atoms with E-state index in [4.69, 9.17) is 0 Å². The molecule has 1 rings (SSSR count). The zero-order valence-corrected chi connectivity index (χ0v) is 11.0. The molecule has 104 valence electrons. The minimum absolute atomic E-state index is 0.171. The zero-order valence-electron chi connectivity index (χ0n) is 11.0. The van der Waals surface area contributed by atoms with E-state index in [9.17, 15) is 14.0 Å². The van der Waals surface area contributed by atoms with Gasteiger partial charge < -0.3 is 10.6 Å². The molecule has 0 saturated carbocycles. The number of carbonyl (C=O) groups is 2. The van der Waals surface area contributed by atoms with E-state index in [-0.39, 0.29) is 12.2 Å². The van der Waals surface area contributed by atoms with Crippen molar-refractivity contribution < 1.29 is 14.0 Å². The van der Waals surface area contributed by atoms with Crippen LogP contribution in [0.1, 0.15) is 13.8 Å². The molecule has 0 aliphatic carbocycles. The van der Waals surface area contributed by atoms with E-state index in [1.54, 1.807) is 12.1 Å². The topological polar surface area (TPSA) is 70.2 Å². The Labute approximate surface area is 111 Å². The second kappa shape index (κ2) is 7.35. The third-order valence-corrected chi connectivity index (χ3v) is 2.24. The van der Waals surface area contributed by atoms with Crippen LogP contribution in [0.2, 0.25) is 0 Å². The summed E-state index contributed by atoms with van der Waals surface area (Å²) in [7, 11) is 0. The average molecular weight is 267 g/mol. The number of amides is 3. The van der Waals surface area contributed by atoms with Crippen LogP contribution in [0.5, 0.6) is 0 Å². The van der Waals surface area contributed by atoms with E-state index in [1.165, 1.54) is 12.1 Å². The molecule has 3 amide bonds. The molecule has 0 fully saturated rings. The maximum absolute atomic E-state index is 13.2. The molecule has 0 heterocycles. The highest BCUT2D eigenvalue weighted by Gasteiger charge is 2.08. The Hall–Kier alpha value is -2.11. The summed E-state index contributed by atoms with van der Waals surface area (Å²) in [4.78, 5) is 22.7. The minimum Gasteiger partial charge on any atom is -0.374 e. The first-order chi connectivity index (χ1) is 8.99. The molecule has 0 spiro atoms. The van der Waals surface area contributed by atoms with Gasteiger partial charge in [-0.2, -0.15) is 0 Å². The Morgan fingerprint density at radius 1 is 1.26 bits per heavy atom. The number of benzene rings is 1. The number of rotatable bonds is 5. The Balaban J connectivity index is 2.32. The van der Waals surface area contributed by atoms with Crippen LogP contribution in [0.3, 0.4) is 0 Å². The van der Waals surface area contributed by atoms with Crippen LogP contribution in [0, 0.1) is 11.7 Å². The van der Waals surface area contributed by atoms with Gasteiger partial charge in [-0.05, 0) is 18.1 Å². The van der Waals surface area contributed by atoms with Crippen LogP contribution in [-0.2, 0) is 4.79 Å². The molecular formula is C13H18FN3O2. The lowest BCUT2D eigenvalue weighted by Gasteiger charge is -2.10. The van der Waals surface area contributed by atoms with E-state index in [0.717, 1.165) is 0 Å². The Morgan fingerprint density at radius 3 is 2.58 bits per heavy atom. The van der Waals surface area contributed by atoms with Crippen molar-refractivity contribution in [3.63, 3.8) is 0 Å². The van der Waals surface area contributed by atoms with Crippen molar-refractivity contribution in [3.8, 4) is 0 Å². The molecule has 0 bridgehead atoms. The van der Waals surface area contributed by atoms with E-state index in [2.05, 4.69) is 16.0 Å². The van der Waals surface area contributed by atoms with Crippen LogP contribution < -0.4 is 16.0 Å². The number of imide groups is 1. The molecule has 19 heavy (non-hydrogen) atoms. The highest BCUT2D eigenvalue weighted by molar-refractivity contribution is 5.96. The first kappa shape index (κ1) is 14.9. The highest BCUT2D eigenvalue weighted by atomic mass is 19.1. The molecule has 1 aromatic carbocycles. The van der Waals surface area contributed by atoms with Crippen LogP contribution in [0.15, 0.2) is 24.3 Å². The van der Waals surface area contributed by atoms with Crippen molar-refractivity contribution in [3.05, 3.63) is 30.1 Å². The third kappa shape index (κ3) is 5.85. The Bertz CT molecular complexity index is 449. The van der Waals surface area contributed by atoms with Crippen molar-refractivity contribution in [1.29, 1.82) is 0 Å². The summed E-state index contributed by atoms with van der Waals surface area (Å²) >= 11 is 0. The summed E-state index contributed by atoms with van der Waals surface area (Å²) in [6.45, 7) is 4.21. The number of anilines is 1. The zero-order chi connectivity index (χ0) is 14.3. The molecule has 0 aliphatic heterocycles. The lowest BCUT2D eigenvalue weighted by Crippen LogP contribution is -2.43. The number of hydrogen-bond acceptors (Lipinski definition) is 3. The summed E-state index contributed by atoms with van der Waals surface area (Å²) in [6, 6.07) is 5.46. The first-order valence-corrected chi connectivity index (χ1v) is 6.05. The van der Waals surface area contributed by atoms with Gasteiger partial charge in [0, 0.05) is 6.54 Å². The molecule has 1 aromatic rings. The number of urea groups is 1. The highest BCUT2D eigenvalue weighted by Crippen LogP contribution is 2.11. The monoisotopic (exact) mass is 267 g/mol. The number of carbonyl (C=O) groups excluding carboxylic acids is 2. The predicted molar refractivity (Wildman–Crippen MR) is 71.3 cm³/mol. The Kier molecular flexibility index (Phi) is 5.78. The summed E-state index contributed by atoms with van der Waals surface area (Å²) in [6.07, 6.45) is 0. The predicted octanol–water partition coefficient (Wildman–Crippen LogP) is 1.72. The van der Waals surface area contributed by atoms with Crippen LogP contribution in [0.25, 0.3) is 0 Å². The third-order valence-electron chi connectivity index (χ3n) is 2.24. The standard InChI is InChI=1S/C13H18FN3O2/c1-9(2)7-16-13(19)17-12(18)8-15-11-6-4-3-5-10(11)14/h3-6,9,15H,7-8H2,1-2H3,(H2,16,17,18,19). The molecule has 0 saturated heterocycles. The molecule has 0 aliphatic rings. The summed E-state index contributed by atoms with van der Waals surface area (Å²) < 4.78 is 13.2. The number of nitrogens with one attached hydrogen (secondary N) is 3. The van der Waals surface area contributed by atoms with Gasteiger partial charge in [-0.15, -0.1) is 0 Å². The maximum Gasteiger partial charge on any atom is 0.321 e. The minimum atomic E-state index is -0.547. The number of para-hydroxylation sites is 1. The van der Waals surface area contributed by atoms with Crippen molar-refractivity contribution in [2.45, 2.75) is 13.8 Å². The van der Waals surface area contributed by atoms with Gasteiger partial charge in [-0.3, -0.25) is 10.1 Å². The van der Waals surface area contributed by atoms with Crippen molar-refractivity contribution in [2.75, 3.05) is 18.4 Å². The van der Waals surface area contributed by atoms with Crippen LogP contribution in [0.4, 0.5) is 14.9 Å². The molecule has 3 N–H and O–H groups in total. The summed E-state index contributed by atoms with van der Waals surface area (Å²) in [5.74, 6) is -0.665. The Morgan fingerprint density at radius 2 is 1.95 bits per heavy atom. The largest absolute Gasteiger partial charge is 0.374 e. The van der Waals surface area contributed by atoms with Gasteiger partial charge in [0.2, 0.25) is 5.91 Å². The lowest BCUT2D eigenvalue weighted by atomic mass is 10.2. The van der Waals surface area contributed by atoms with E-state index >= 15 is 0 Å². The number of halogens is 1. The lowest BCUT2D eigenvalue weighted by molar-refractivity contribution is -0.118. The van der Waals surface area contributed by atoms with Gasteiger partial charge in [0.05, 0.1) is 12.2 Å². The molecule has 5 nitrogen and oxygen atoms in total. The smallest absolute Gasteiger partial charge is 0.321 e. The van der Waals surface area contributed by atoms with Gasteiger partial charge in [0.1, 0.15) is 5.82 Å². The normalized spacial score (nSPS) is 10.1. The van der Waals surface area contributed by atoms with Crippen molar-refractivity contribution in [2.24, 2.45) is 5.92 Å². The summed E-state index contributed by atoms with van der Waals surface area (Å²) in [5.41, 5.74) is 0.222. The fraction of sp³-hybridized carbons (Fsp3) is 0.385. The van der Waals surface area contributed by atoms with Gasteiger partial charge in [-0.1, -0.05) is 26.0 Å². The van der Waals surface area contributed by atoms with Crippen LogP contribution >= 0.6 is 0 Å². The van der Waals surface area contributed by atoms with Crippen LogP contribution in [-0.4, -0.2) is 25.0 Å². The van der Waals surface area contributed by atoms with E-state index in [0.29, 0.717) is 12.5 Å². The maximum atomic E-state index is 13.2. The molecule has 0 aromatic heterocycles. The second-order valence-corrected chi connectivity index (χ2v) is 4.49. The fourth-order valence-electron chi connectivity index (χ4n) is 1.29. The number of hydrogen-bond donors (Lipinski definition) is 3. The average Bonchev–Trinajstić information content (AvgIpc) is 2.35. The van der Waals surface area contributed by atoms with E-state index in [1.807, 2.05) is 13.8 Å². The molecule has 0 atom stereocenters. The quantitative estimate of drug-likeness (QED) is 0.760. The molecule has 0 radical (unpaired) electrons. The molecule has 0 unspecified atom stereocenters. The SMILES string of the molecule is CC(C)CNC(=O)NC(=O)CNc1ccccc1F. The van der Waals surface area contributed by atoms with Gasteiger partial charge in [-0.25, -0.2) is 9.18 Å². The van der Waals surface area contributed by atoms with E-state index < -0.39 is 17.8 Å². The molecular weight excluding hydrogens is 249 g/mol. The second-order valence-electron chi connectivity index (χ2n) is 4.49.